The van der Waals surface area contributed by atoms with E-state index in [1.54, 1.807) is 7.11 Å². The van der Waals surface area contributed by atoms with Crippen LogP contribution in [-0.2, 0) is 6.54 Å². The summed E-state index contributed by atoms with van der Waals surface area (Å²) in [5.41, 5.74) is 14.0. The summed E-state index contributed by atoms with van der Waals surface area (Å²) in [6, 6.07) is 20.4. The van der Waals surface area contributed by atoms with Gasteiger partial charge in [0.25, 0.3) is 0 Å². The lowest BCUT2D eigenvalue weighted by Gasteiger charge is -2.10. The molecule has 0 bridgehead atoms. The van der Waals surface area contributed by atoms with Crippen LogP contribution in [0.2, 0.25) is 0 Å². The summed E-state index contributed by atoms with van der Waals surface area (Å²) < 4.78 is 7.76. The smallest absolute Gasteiger partial charge is 0.123 e. The third-order valence-corrected chi connectivity index (χ3v) is 5.55. The predicted octanol–water partition coefficient (Wildman–Crippen LogP) is 5.44. The van der Waals surface area contributed by atoms with Gasteiger partial charge in [0, 0.05) is 33.9 Å². The normalized spacial score (nSPS) is 10.8. The van der Waals surface area contributed by atoms with E-state index in [-0.39, 0.29) is 0 Å². The highest BCUT2D eigenvalue weighted by molar-refractivity contribution is 5.98. The maximum Gasteiger partial charge on any atom is 0.123 e. The fourth-order valence-electron chi connectivity index (χ4n) is 3.87. The van der Waals surface area contributed by atoms with Gasteiger partial charge < -0.3 is 15.0 Å². The minimum atomic E-state index is 0.674. The van der Waals surface area contributed by atoms with Crippen LogP contribution in [0.3, 0.4) is 0 Å². The van der Waals surface area contributed by atoms with Crippen LogP contribution in [0, 0.1) is 25.2 Å². The van der Waals surface area contributed by atoms with Crippen molar-refractivity contribution in [3.05, 3.63) is 83.0 Å². The molecule has 1 aromatic heterocycles. The van der Waals surface area contributed by atoms with Gasteiger partial charge in [-0.15, -0.1) is 0 Å². The Labute approximate surface area is 170 Å². The summed E-state index contributed by atoms with van der Waals surface area (Å²) in [6.07, 6.45) is 2.15. The van der Waals surface area contributed by atoms with Crippen LogP contribution in [0.5, 0.6) is 5.75 Å². The van der Waals surface area contributed by atoms with Crippen LogP contribution in [0.25, 0.3) is 22.0 Å². The molecule has 29 heavy (non-hydrogen) atoms. The van der Waals surface area contributed by atoms with Gasteiger partial charge in [-0.3, -0.25) is 0 Å². The standard InChI is InChI=1S/C25H23N3O/c1-16-11-24-21(12-19(16)13-26)22(20-8-6-9-23(27)17(20)2)15-28(24)14-18-7-4-5-10-25(18)29-3/h4-12,15H,14,27H2,1-3H3. The number of nitrogens with two attached hydrogens (primary N) is 1. The molecular formula is C25H23N3O. The molecule has 0 atom stereocenters. The summed E-state index contributed by atoms with van der Waals surface area (Å²) >= 11 is 0. The number of nitrogens with zero attached hydrogens (tertiary/aromatic N) is 2. The lowest BCUT2D eigenvalue weighted by molar-refractivity contribution is 0.408. The molecule has 4 aromatic rings. The molecule has 4 nitrogen and oxygen atoms in total. The number of fused-ring (bicyclic) bond motifs is 1. The molecule has 0 amide bonds. The minimum absolute atomic E-state index is 0.674. The Hall–Kier alpha value is -3.71. The van der Waals surface area contributed by atoms with E-state index >= 15 is 0 Å². The number of ether oxygens (including phenoxy) is 1. The lowest BCUT2D eigenvalue weighted by Crippen LogP contribution is -2.00. The van der Waals surface area contributed by atoms with Crippen molar-refractivity contribution < 1.29 is 4.74 Å². The number of nitrogen functional groups attached to an aromatic ring is 1. The van der Waals surface area contributed by atoms with Gasteiger partial charge in [-0.1, -0.05) is 30.3 Å². The summed E-state index contributed by atoms with van der Waals surface area (Å²) in [4.78, 5) is 0. The van der Waals surface area contributed by atoms with Crippen molar-refractivity contribution in [2.45, 2.75) is 20.4 Å². The average molecular weight is 381 g/mol. The van der Waals surface area contributed by atoms with Crippen LogP contribution >= 0.6 is 0 Å². The maximum atomic E-state index is 9.56. The lowest BCUT2D eigenvalue weighted by atomic mass is 9.97. The SMILES string of the molecule is COc1ccccc1Cn1cc(-c2cccc(N)c2C)c2cc(C#N)c(C)cc21. The zero-order valence-corrected chi connectivity index (χ0v) is 16.9. The van der Waals surface area contributed by atoms with E-state index in [1.807, 2.05) is 50.2 Å². The van der Waals surface area contributed by atoms with Crippen LogP contribution < -0.4 is 10.5 Å². The second-order valence-electron chi connectivity index (χ2n) is 7.30. The van der Waals surface area contributed by atoms with Crippen molar-refractivity contribution in [3.8, 4) is 22.9 Å². The maximum absolute atomic E-state index is 9.56. The fourth-order valence-corrected chi connectivity index (χ4v) is 3.87. The molecule has 0 fully saturated rings. The number of para-hydroxylation sites is 1. The van der Waals surface area contributed by atoms with Crippen molar-refractivity contribution in [1.29, 1.82) is 5.26 Å². The van der Waals surface area contributed by atoms with Gasteiger partial charge >= 0.3 is 0 Å². The number of hydrogen-bond acceptors (Lipinski definition) is 3. The largest absolute Gasteiger partial charge is 0.496 e. The highest BCUT2D eigenvalue weighted by Crippen LogP contribution is 2.36. The monoisotopic (exact) mass is 381 g/mol. The Morgan fingerprint density at radius 2 is 1.83 bits per heavy atom. The molecule has 0 saturated carbocycles. The average Bonchev–Trinajstić information content (AvgIpc) is 3.06. The summed E-state index contributed by atoms with van der Waals surface area (Å²) in [6.45, 7) is 4.69. The van der Waals surface area contributed by atoms with Gasteiger partial charge in [-0.05, 0) is 54.8 Å². The van der Waals surface area contributed by atoms with Crippen LogP contribution in [0.15, 0.2) is 60.8 Å². The first-order valence-corrected chi connectivity index (χ1v) is 9.54. The number of aryl methyl sites for hydroxylation is 1. The molecule has 0 spiro atoms. The van der Waals surface area contributed by atoms with Crippen LogP contribution in [-0.4, -0.2) is 11.7 Å². The van der Waals surface area contributed by atoms with Crippen LogP contribution in [0.1, 0.15) is 22.3 Å². The first-order valence-electron chi connectivity index (χ1n) is 9.54. The number of nitriles is 1. The van der Waals surface area contributed by atoms with Gasteiger partial charge in [0.1, 0.15) is 5.75 Å². The Morgan fingerprint density at radius 1 is 1.03 bits per heavy atom. The Morgan fingerprint density at radius 3 is 2.59 bits per heavy atom. The van der Waals surface area contributed by atoms with Crippen molar-refractivity contribution in [2.24, 2.45) is 0 Å². The van der Waals surface area contributed by atoms with Crippen molar-refractivity contribution in [1.82, 2.24) is 4.57 Å². The van der Waals surface area contributed by atoms with E-state index in [0.29, 0.717) is 12.1 Å². The Balaban J connectivity index is 1.97. The molecule has 2 N–H and O–H groups in total. The molecule has 1 heterocycles. The van der Waals surface area contributed by atoms with E-state index < -0.39 is 0 Å². The molecule has 4 heteroatoms. The van der Waals surface area contributed by atoms with E-state index in [0.717, 1.165) is 50.2 Å². The molecule has 0 aliphatic rings. The number of benzene rings is 3. The fraction of sp³-hybridized carbons (Fsp3) is 0.160. The molecule has 0 aliphatic heterocycles. The van der Waals surface area contributed by atoms with Gasteiger partial charge in [-0.2, -0.15) is 5.26 Å². The topological polar surface area (TPSA) is 64.0 Å². The molecule has 144 valence electrons. The van der Waals surface area contributed by atoms with E-state index in [1.165, 1.54) is 0 Å². The Kier molecular flexibility index (Phi) is 4.74. The second kappa shape index (κ2) is 7.37. The van der Waals surface area contributed by atoms with E-state index in [2.05, 4.69) is 35.0 Å². The highest BCUT2D eigenvalue weighted by atomic mass is 16.5. The van der Waals surface area contributed by atoms with Gasteiger partial charge in [0.05, 0.1) is 25.3 Å². The molecular weight excluding hydrogens is 358 g/mol. The van der Waals surface area contributed by atoms with Crippen molar-refractivity contribution >= 4 is 16.6 Å². The van der Waals surface area contributed by atoms with E-state index in [4.69, 9.17) is 10.5 Å². The highest BCUT2D eigenvalue weighted by Gasteiger charge is 2.16. The number of hydrogen-bond donors (Lipinski definition) is 1. The van der Waals surface area contributed by atoms with Crippen molar-refractivity contribution in [2.75, 3.05) is 12.8 Å². The molecule has 0 aliphatic carbocycles. The van der Waals surface area contributed by atoms with Crippen LogP contribution in [0.4, 0.5) is 5.69 Å². The first kappa shape index (κ1) is 18.6. The number of rotatable bonds is 4. The number of anilines is 1. The number of methoxy groups -OCH3 is 1. The first-order chi connectivity index (χ1) is 14.0. The molecule has 0 radical (unpaired) electrons. The van der Waals surface area contributed by atoms with E-state index in [9.17, 15) is 5.26 Å². The van der Waals surface area contributed by atoms with Gasteiger partial charge in [0.15, 0.2) is 0 Å². The molecule has 0 unspecified atom stereocenters. The third-order valence-electron chi connectivity index (χ3n) is 5.55. The predicted molar refractivity (Wildman–Crippen MR) is 118 cm³/mol. The quantitative estimate of drug-likeness (QED) is 0.479. The summed E-state index contributed by atoms with van der Waals surface area (Å²) in [7, 11) is 1.69. The zero-order chi connectivity index (χ0) is 20.5. The second-order valence-corrected chi connectivity index (χ2v) is 7.30. The number of aromatic nitrogens is 1. The van der Waals surface area contributed by atoms with Crippen molar-refractivity contribution in [3.63, 3.8) is 0 Å². The summed E-state index contributed by atoms with van der Waals surface area (Å²) in [5.74, 6) is 0.862. The molecule has 0 saturated heterocycles. The Bertz CT molecular complexity index is 1260. The van der Waals surface area contributed by atoms with Gasteiger partial charge in [-0.25, -0.2) is 0 Å². The summed E-state index contributed by atoms with van der Waals surface area (Å²) in [5, 5.41) is 10.6. The third kappa shape index (κ3) is 3.21. The molecule has 3 aromatic carbocycles. The van der Waals surface area contributed by atoms with Gasteiger partial charge in [0.2, 0.25) is 0 Å². The minimum Gasteiger partial charge on any atom is -0.496 e. The zero-order valence-electron chi connectivity index (χ0n) is 16.9. The molecule has 4 rings (SSSR count).